The normalized spacial score (nSPS) is 14.7. The molecular formula is C40H57N9O11S. The molecule has 1 aromatic heterocycles. The van der Waals surface area contributed by atoms with Gasteiger partial charge in [-0.3, -0.25) is 28.8 Å². The second-order valence-electron chi connectivity index (χ2n) is 14.7. The maximum atomic E-state index is 14.0. The number of aromatic hydroxyl groups is 1. The standard InChI is InChI=1S/C40H57N9O11S/c1-21(2)33(49-38(57)32(19-51)48-35(54)28(9-5-6-14-41)44-37(56)31(18-50)47-34(53)26(42)20-61)39(58)45-29(16-23-17-43-27-8-4-3-7-25(23)27)36(55)46-30(40(59)60)15-22-10-12-24(52)13-11-22/h3-4,7-8,10-13,17,21,26,28-33,43,50-52,61H,5-6,9,14-16,18-20,41-42H2,1-2H3,(H,44,56)(H,45,58)(H,46,55)(H,47,53)(H,48,54)(H,49,57)(H,59,60)/t26-,28-,29-,30-,31-,32-,33-/m0/s1. The molecule has 6 amide bonds. The number of nitrogens with two attached hydrogens (primary N) is 2. The molecule has 0 aliphatic heterocycles. The Kier molecular flexibility index (Phi) is 19.9. The summed E-state index contributed by atoms with van der Waals surface area (Å²) >= 11 is 3.94. The number of aliphatic hydroxyl groups is 2. The minimum Gasteiger partial charge on any atom is -0.508 e. The van der Waals surface area contributed by atoms with Crippen LogP contribution >= 0.6 is 12.6 Å². The molecule has 0 aliphatic rings. The third-order valence-corrected chi connectivity index (χ3v) is 10.1. The lowest BCUT2D eigenvalue weighted by atomic mass is 9.99. The maximum absolute atomic E-state index is 14.0. The van der Waals surface area contributed by atoms with E-state index < -0.39 is 103 Å². The summed E-state index contributed by atoms with van der Waals surface area (Å²) in [6.07, 6.45) is 2.24. The summed E-state index contributed by atoms with van der Waals surface area (Å²) in [4.78, 5) is 95.7. The van der Waals surface area contributed by atoms with Crippen molar-refractivity contribution in [2.45, 2.75) is 88.2 Å². The van der Waals surface area contributed by atoms with E-state index in [1.807, 2.05) is 12.1 Å². The lowest BCUT2D eigenvalue weighted by molar-refractivity contribution is -0.142. The van der Waals surface area contributed by atoms with Crippen molar-refractivity contribution in [3.05, 3.63) is 65.9 Å². The molecule has 0 saturated carbocycles. The fourth-order valence-corrected chi connectivity index (χ4v) is 6.34. The van der Waals surface area contributed by atoms with Crippen molar-refractivity contribution in [2.24, 2.45) is 17.4 Å². The number of aromatic amines is 1. The number of aliphatic hydroxyl groups excluding tert-OH is 2. The topological polar surface area (TPSA) is 340 Å². The summed E-state index contributed by atoms with van der Waals surface area (Å²) in [7, 11) is 0. The van der Waals surface area contributed by atoms with Crippen molar-refractivity contribution in [3.8, 4) is 5.75 Å². The van der Waals surface area contributed by atoms with E-state index in [0.29, 0.717) is 24.0 Å². The van der Waals surface area contributed by atoms with Crippen molar-refractivity contribution in [1.29, 1.82) is 0 Å². The number of rotatable bonds is 25. The monoisotopic (exact) mass is 871 g/mol. The number of hydrogen-bond donors (Lipinski definition) is 14. The molecule has 0 unspecified atom stereocenters. The van der Waals surface area contributed by atoms with E-state index in [9.17, 15) is 54.0 Å². The number of fused-ring (bicyclic) bond motifs is 1. The van der Waals surface area contributed by atoms with Crippen LogP contribution in [-0.4, -0.2) is 135 Å². The van der Waals surface area contributed by atoms with Crippen LogP contribution in [0.15, 0.2) is 54.7 Å². The van der Waals surface area contributed by atoms with E-state index in [0.717, 1.165) is 10.9 Å². The number of phenols is 1. The first-order valence-electron chi connectivity index (χ1n) is 19.7. The zero-order valence-electron chi connectivity index (χ0n) is 33.9. The molecule has 61 heavy (non-hydrogen) atoms. The first-order chi connectivity index (χ1) is 29.0. The van der Waals surface area contributed by atoms with Gasteiger partial charge in [0, 0.05) is 35.7 Å². The molecule has 7 atom stereocenters. The van der Waals surface area contributed by atoms with Gasteiger partial charge in [-0.15, -0.1) is 0 Å². The van der Waals surface area contributed by atoms with Crippen LogP contribution in [0.1, 0.15) is 44.2 Å². The Morgan fingerprint density at radius 3 is 1.82 bits per heavy atom. The zero-order chi connectivity index (χ0) is 45.2. The number of amides is 6. The fourth-order valence-electron chi connectivity index (χ4n) is 6.18. The molecule has 0 saturated heterocycles. The SMILES string of the molecule is CC(C)[C@H](NC(=O)[C@H](CO)NC(=O)[C@H](CCCCN)NC(=O)[C@H](CO)NC(=O)[C@@H](N)CS)C(=O)N[C@@H](Cc1c[nH]c2ccccc12)C(=O)N[C@@H](Cc1ccc(O)cc1)C(=O)O. The van der Waals surface area contributed by atoms with Crippen LogP contribution in [0, 0.1) is 5.92 Å². The van der Waals surface area contributed by atoms with Crippen LogP contribution in [-0.2, 0) is 46.4 Å². The highest BCUT2D eigenvalue weighted by Crippen LogP contribution is 2.20. The lowest BCUT2D eigenvalue weighted by Gasteiger charge is -2.28. The van der Waals surface area contributed by atoms with E-state index >= 15 is 0 Å². The third-order valence-electron chi connectivity index (χ3n) is 9.71. The van der Waals surface area contributed by atoms with Crippen molar-refractivity contribution in [2.75, 3.05) is 25.5 Å². The van der Waals surface area contributed by atoms with Crippen LogP contribution in [0.5, 0.6) is 5.75 Å². The molecule has 0 radical (unpaired) electrons. The Morgan fingerprint density at radius 1 is 0.689 bits per heavy atom. The molecule has 0 fully saturated rings. The van der Waals surface area contributed by atoms with E-state index in [4.69, 9.17) is 11.5 Å². The van der Waals surface area contributed by atoms with Crippen molar-refractivity contribution < 1.29 is 54.0 Å². The predicted molar refractivity (Wildman–Crippen MR) is 227 cm³/mol. The molecule has 15 N–H and O–H groups in total. The summed E-state index contributed by atoms with van der Waals surface area (Å²) in [5.41, 5.74) is 13.1. The van der Waals surface area contributed by atoms with Gasteiger partial charge in [0.15, 0.2) is 0 Å². The Hall–Kier alpha value is -5.74. The van der Waals surface area contributed by atoms with Crippen LogP contribution in [0.4, 0.5) is 0 Å². The third kappa shape index (κ3) is 15.0. The summed E-state index contributed by atoms with van der Waals surface area (Å²) in [5, 5.41) is 55.2. The molecule has 20 nitrogen and oxygen atoms in total. The second-order valence-corrected chi connectivity index (χ2v) is 15.1. The van der Waals surface area contributed by atoms with E-state index in [-0.39, 0.29) is 37.3 Å². The highest BCUT2D eigenvalue weighted by Gasteiger charge is 2.35. The van der Waals surface area contributed by atoms with Gasteiger partial charge in [-0.1, -0.05) is 44.2 Å². The van der Waals surface area contributed by atoms with Gasteiger partial charge in [-0.25, -0.2) is 4.79 Å². The lowest BCUT2D eigenvalue weighted by Crippen LogP contribution is -2.61. The van der Waals surface area contributed by atoms with E-state index in [1.165, 1.54) is 24.3 Å². The number of H-pyrrole nitrogens is 1. The second kappa shape index (κ2) is 24.5. The molecule has 3 aromatic rings. The number of nitrogens with one attached hydrogen (secondary N) is 7. The number of unbranched alkanes of at least 4 members (excludes halogenated alkanes) is 1. The molecule has 1 heterocycles. The van der Waals surface area contributed by atoms with Gasteiger partial charge < -0.3 is 68.8 Å². The number of aliphatic carboxylic acids is 1. The minimum atomic E-state index is -1.64. The average molecular weight is 872 g/mol. The number of carboxylic acid groups (broad SMARTS) is 1. The first-order valence-corrected chi connectivity index (χ1v) is 20.3. The molecule has 2 aromatic carbocycles. The molecule has 0 aliphatic carbocycles. The van der Waals surface area contributed by atoms with Gasteiger partial charge >= 0.3 is 5.97 Å². The van der Waals surface area contributed by atoms with Gasteiger partial charge in [-0.2, -0.15) is 12.6 Å². The number of thiol groups is 1. The van der Waals surface area contributed by atoms with Crippen LogP contribution < -0.4 is 43.4 Å². The molecule has 3 rings (SSSR count). The molecule has 21 heteroatoms. The quantitative estimate of drug-likeness (QED) is 0.0315. The summed E-state index contributed by atoms with van der Waals surface area (Å²) < 4.78 is 0. The Bertz CT molecular complexity index is 1960. The summed E-state index contributed by atoms with van der Waals surface area (Å²) in [6, 6.07) is 3.34. The smallest absolute Gasteiger partial charge is 0.326 e. The Morgan fingerprint density at radius 2 is 1.23 bits per heavy atom. The maximum Gasteiger partial charge on any atom is 0.326 e. The van der Waals surface area contributed by atoms with E-state index in [2.05, 4.69) is 49.5 Å². The largest absolute Gasteiger partial charge is 0.508 e. The molecule has 0 bridgehead atoms. The number of carboxylic acids is 1. The highest BCUT2D eigenvalue weighted by molar-refractivity contribution is 7.80. The average Bonchev–Trinajstić information content (AvgIpc) is 3.65. The number of carbonyl (C=O) groups excluding carboxylic acids is 6. The van der Waals surface area contributed by atoms with Gasteiger partial charge in [0.1, 0.15) is 42.0 Å². The predicted octanol–water partition coefficient (Wildman–Crippen LogP) is -2.32. The van der Waals surface area contributed by atoms with Gasteiger partial charge in [0.2, 0.25) is 35.4 Å². The molecule has 0 spiro atoms. The number of carbonyl (C=O) groups is 7. The van der Waals surface area contributed by atoms with E-state index in [1.54, 1.807) is 32.2 Å². The number of para-hydroxylation sites is 1. The van der Waals surface area contributed by atoms with Crippen LogP contribution in [0.2, 0.25) is 0 Å². The molecule has 334 valence electrons. The van der Waals surface area contributed by atoms with Crippen LogP contribution in [0.25, 0.3) is 10.9 Å². The Balaban J connectivity index is 1.81. The van der Waals surface area contributed by atoms with Crippen molar-refractivity contribution >= 4 is 64.9 Å². The zero-order valence-corrected chi connectivity index (χ0v) is 34.8. The number of hydrogen-bond acceptors (Lipinski definition) is 13. The van der Waals surface area contributed by atoms with Gasteiger partial charge in [0.05, 0.1) is 19.3 Å². The minimum absolute atomic E-state index is 0.0192. The summed E-state index contributed by atoms with van der Waals surface area (Å²) in [6.45, 7) is 1.70. The Labute approximate surface area is 357 Å². The van der Waals surface area contributed by atoms with Crippen molar-refractivity contribution in [1.82, 2.24) is 36.9 Å². The summed E-state index contributed by atoms with van der Waals surface area (Å²) in [5.74, 6) is -7.32. The van der Waals surface area contributed by atoms with Gasteiger partial charge in [0.25, 0.3) is 0 Å². The highest BCUT2D eigenvalue weighted by atomic mass is 32.1. The van der Waals surface area contributed by atoms with Crippen LogP contribution in [0.3, 0.4) is 0 Å². The first kappa shape index (κ1) is 49.6. The number of aromatic nitrogens is 1. The van der Waals surface area contributed by atoms with Crippen molar-refractivity contribution in [3.63, 3.8) is 0 Å². The number of benzene rings is 2. The number of phenolic OH excluding ortho intramolecular Hbond substituents is 1. The van der Waals surface area contributed by atoms with Gasteiger partial charge in [-0.05, 0) is 61.1 Å². The molecular weight excluding hydrogens is 815 g/mol. The fraction of sp³-hybridized carbons (Fsp3) is 0.475.